The van der Waals surface area contributed by atoms with Gasteiger partial charge in [-0.25, -0.2) is 9.80 Å². The highest BCUT2D eigenvalue weighted by atomic mass is 35.5. The molecule has 1 aliphatic rings. The van der Waals surface area contributed by atoms with Gasteiger partial charge in [0, 0.05) is 23.2 Å². The van der Waals surface area contributed by atoms with Crippen molar-refractivity contribution in [2.45, 2.75) is 26.1 Å². The summed E-state index contributed by atoms with van der Waals surface area (Å²) in [6.45, 7) is 2.33. The van der Waals surface area contributed by atoms with E-state index >= 15 is 0 Å². The molecular weight excluding hydrogens is 503 g/mol. The molecule has 0 aromatic heterocycles. The number of carbonyl (C=O) groups excluding carboxylic acids is 1. The lowest BCUT2D eigenvalue weighted by Gasteiger charge is -2.29. The van der Waals surface area contributed by atoms with Crippen LogP contribution in [0.5, 0.6) is 5.75 Å². The minimum atomic E-state index is -4.80. The zero-order valence-corrected chi connectivity index (χ0v) is 21.2. The molecule has 35 heavy (non-hydrogen) atoms. The third-order valence-electron chi connectivity index (χ3n) is 5.58. The summed E-state index contributed by atoms with van der Waals surface area (Å²) in [6, 6.07) is 11.9. The maximum Gasteiger partial charge on any atom is 0.573 e. The average Bonchev–Trinajstić information content (AvgIpc) is 3.15. The Labute approximate surface area is 212 Å². The third-order valence-corrected chi connectivity index (χ3v) is 6.53. The lowest BCUT2D eigenvalue weighted by Crippen LogP contribution is -2.43. The van der Waals surface area contributed by atoms with Gasteiger partial charge in [0.1, 0.15) is 12.5 Å². The fourth-order valence-corrected chi connectivity index (χ4v) is 4.51. The second-order valence-corrected chi connectivity index (χ2v) is 9.76. The molecular formula is C24H27ClF3N3O3S. The summed E-state index contributed by atoms with van der Waals surface area (Å²) in [5.74, 6) is 0.608. The summed E-state index contributed by atoms with van der Waals surface area (Å²) in [6.07, 6.45) is -0.969. The minimum Gasteiger partial charge on any atom is -0.406 e. The molecule has 1 heterocycles. The van der Waals surface area contributed by atoms with E-state index in [9.17, 15) is 18.0 Å². The van der Waals surface area contributed by atoms with Crippen molar-refractivity contribution in [2.24, 2.45) is 10.5 Å². The molecule has 0 bridgehead atoms. The van der Waals surface area contributed by atoms with Crippen LogP contribution < -0.4 is 9.64 Å². The Morgan fingerprint density at radius 1 is 1.20 bits per heavy atom. The largest absolute Gasteiger partial charge is 0.573 e. The van der Waals surface area contributed by atoms with E-state index in [0.29, 0.717) is 17.3 Å². The van der Waals surface area contributed by atoms with Crippen molar-refractivity contribution < 1.29 is 27.4 Å². The number of carbonyl (C=O) groups is 1. The molecule has 1 aliphatic heterocycles. The molecule has 3 rings (SSSR count). The van der Waals surface area contributed by atoms with Gasteiger partial charge in [-0.2, -0.15) is 16.9 Å². The average molecular weight is 530 g/mol. The summed E-state index contributed by atoms with van der Waals surface area (Å²) in [7, 11) is 1.43. The number of ether oxygens (including phenoxy) is 2. The first-order valence-electron chi connectivity index (χ1n) is 10.8. The number of anilines is 1. The van der Waals surface area contributed by atoms with Crippen LogP contribution in [0, 0.1) is 5.41 Å². The Morgan fingerprint density at radius 2 is 1.86 bits per heavy atom. The summed E-state index contributed by atoms with van der Waals surface area (Å²) >= 11 is 7.82. The lowest BCUT2D eigenvalue weighted by atomic mass is 9.78. The van der Waals surface area contributed by atoms with Gasteiger partial charge in [0.2, 0.25) is 0 Å². The van der Waals surface area contributed by atoms with Crippen molar-refractivity contribution in [3.63, 3.8) is 0 Å². The number of rotatable bonds is 9. The lowest BCUT2D eigenvalue weighted by molar-refractivity contribution is -0.274. The molecule has 2 amide bonds. The second-order valence-electron chi connectivity index (χ2n) is 8.34. The van der Waals surface area contributed by atoms with Gasteiger partial charge in [-0.3, -0.25) is 4.90 Å². The fraction of sp³-hybridized carbons (Fsp3) is 0.417. The van der Waals surface area contributed by atoms with Crippen molar-refractivity contribution >= 4 is 40.8 Å². The first kappa shape index (κ1) is 27.2. The van der Waals surface area contributed by atoms with E-state index in [4.69, 9.17) is 21.4 Å². The zero-order valence-electron chi connectivity index (χ0n) is 19.6. The molecule has 0 aliphatic carbocycles. The standard InChI is InChI=1S/C24H27ClF3N3O3S/c1-23(13-4-14-35-3)15-31(29-21(23)17-5-7-18(25)8-6-17)22(32)30(16-33-2)19-9-11-20(12-10-19)34-24(26,27)28/h5-12H,4,13-16H2,1-3H3. The normalized spacial score (nSPS) is 17.9. The number of hydrazone groups is 1. The van der Waals surface area contributed by atoms with Gasteiger partial charge >= 0.3 is 12.4 Å². The molecule has 0 fully saturated rings. The van der Waals surface area contributed by atoms with Crippen LogP contribution in [-0.2, 0) is 4.74 Å². The SMILES string of the molecule is COCN(C(=O)N1CC(C)(CCCSC)C(c2ccc(Cl)cc2)=N1)c1ccc(OC(F)(F)F)cc1. The first-order valence-corrected chi connectivity index (χ1v) is 12.6. The second kappa shape index (κ2) is 11.5. The van der Waals surface area contributed by atoms with Gasteiger partial charge < -0.3 is 9.47 Å². The van der Waals surface area contributed by atoms with Crippen LogP contribution in [0.4, 0.5) is 23.7 Å². The Balaban J connectivity index is 1.88. The molecule has 6 nitrogen and oxygen atoms in total. The predicted octanol–water partition coefficient (Wildman–Crippen LogP) is 6.64. The van der Waals surface area contributed by atoms with E-state index in [0.717, 1.165) is 42.0 Å². The Morgan fingerprint density at radius 3 is 2.43 bits per heavy atom. The van der Waals surface area contributed by atoms with E-state index in [2.05, 4.69) is 17.9 Å². The van der Waals surface area contributed by atoms with Crippen LogP contribution in [0.3, 0.4) is 0 Å². The van der Waals surface area contributed by atoms with E-state index in [1.807, 2.05) is 12.1 Å². The first-order chi connectivity index (χ1) is 16.6. The van der Waals surface area contributed by atoms with Gasteiger partial charge in [0.15, 0.2) is 0 Å². The fourth-order valence-electron chi connectivity index (χ4n) is 3.95. The molecule has 2 aromatic carbocycles. The van der Waals surface area contributed by atoms with Crippen molar-refractivity contribution in [2.75, 3.05) is 37.3 Å². The van der Waals surface area contributed by atoms with Gasteiger partial charge in [-0.1, -0.05) is 30.7 Å². The molecule has 0 N–H and O–H groups in total. The maximum absolute atomic E-state index is 13.5. The van der Waals surface area contributed by atoms with Crippen molar-refractivity contribution in [1.29, 1.82) is 0 Å². The minimum absolute atomic E-state index is 0.107. The molecule has 0 saturated heterocycles. The monoisotopic (exact) mass is 529 g/mol. The number of amides is 2. The number of methoxy groups -OCH3 is 1. The number of halogens is 4. The smallest absolute Gasteiger partial charge is 0.406 e. The Bertz CT molecular complexity index is 1040. The number of urea groups is 1. The molecule has 0 radical (unpaired) electrons. The summed E-state index contributed by atoms with van der Waals surface area (Å²) in [5, 5.41) is 6.69. The van der Waals surface area contributed by atoms with Crippen molar-refractivity contribution in [3.05, 3.63) is 59.1 Å². The predicted molar refractivity (Wildman–Crippen MR) is 133 cm³/mol. The highest BCUT2D eigenvalue weighted by molar-refractivity contribution is 7.98. The molecule has 190 valence electrons. The van der Waals surface area contributed by atoms with Gasteiger partial charge in [0.25, 0.3) is 0 Å². The van der Waals surface area contributed by atoms with Gasteiger partial charge in [-0.05, 0) is 66.8 Å². The van der Waals surface area contributed by atoms with E-state index < -0.39 is 12.4 Å². The van der Waals surface area contributed by atoms with Crippen LogP contribution in [-0.4, -0.2) is 55.5 Å². The molecule has 11 heteroatoms. The van der Waals surface area contributed by atoms with Crippen LogP contribution in [0.15, 0.2) is 53.6 Å². The van der Waals surface area contributed by atoms with E-state index in [1.54, 1.807) is 23.9 Å². The van der Waals surface area contributed by atoms with Crippen molar-refractivity contribution in [1.82, 2.24) is 5.01 Å². The molecule has 1 unspecified atom stereocenters. The molecule has 2 aromatic rings. The maximum atomic E-state index is 13.5. The highest BCUT2D eigenvalue weighted by Crippen LogP contribution is 2.37. The zero-order chi connectivity index (χ0) is 25.6. The Hall–Kier alpha value is -2.43. The quantitative estimate of drug-likeness (QED) is 0.270. The van der Waals surface area contributed by atoms with E-state index in [-0.39, 0.29) is 17.9 Å². The summed E-state index contributed by atoms with van der Waals surface area (Å²) in [4.78, 5) is 14.8. The number of nitrogens with zero attached hydrogens (tertiary/aromatic N) is 3. The van der Waals surface area contributed by atoms with Crippen LogP contribution >= 0.6 is 23.4 Å². The topological polar surface area (TPSA) is 54.4 Å². The van der Waals surface area contributed by atoms with Crippen LogP contribution in [0.1, 0.15) is 25.3 Å². The number of alkyl halides is 3. The number of hydrogen-bond acceptors (Lipinski definition) is 5. The van der Waals surface area contributed by atoms with Crippen molar-refractivity contribution in [3.8, 4) is 5.75 Å². The van der Waals surface area contributed by atoms with Crippen LogP contribution in [0.25, 0.3) is 0 Å². The Kier molecular flexibility index (Phi) is 8.95. The summed E-state index contributed by atoms with van der Waals surface area (Å²) in [5.41, 5.74) is 1.63. The summed E-state index contributed by atoms with van der Waals surface area (Å²) < 4.78 is 46.6. The molecule has 1 atom stereocenters. The van der Waals surface area contributed by atoms with Gasteiger partial charge in [-0.15, -0.1) is 13.2 Å². The third kappa shape index (κ3) is 7.05. The molecule has 0 spiro atoms. The molecule has 0 saturated carbocycles. The number of thioether (sulfide) groups is 1. The number of hydrogen-bond donors (Lipinski definition) is 0. The van der Waals surface area contributed by atoms with Crippen LogP contribution in [0.2, 0.25) is 5.02 Å². The highest BCUT2D eigenvalue weighted by Gasteiger charge is 2.42. The van der Waals surface area contributed by atoms with Gasteiger partial charge in [0.05, 0.1) is 12.3 Å². The number of benzene rings is 2. The van der Waals surface area contributed by atoms with E-state index in [1.165, 1.54) is 29.2 Å².